The molecule has 116 valence electrons. The molecule has 0 atom stereocenters. The summed E-state index contributed by atoms with van der Waals surface area (Å²) >= 11 is 0. The third kappa shape index (κ3) is 2.41. The van der Waals surface area contributed by atoms with Crippen LogP contribution < -0.4 is 10.2 Å². The Morgan fingerprint density at radius 2 is 2.05 bits per heavy atom. The Hall–Kier alpha value is -2.84. The number of ether oxygens (including phenoxy) is 1. The second-order valence-corrected chi connectivity index (χ2v) is 4.04. The number of aromatic nitrogens is 1. The number of alkyl halides is 2. The standard InChI is InChI=1S/C13H7F4NO4/c1-2-18-4-6(12(20)21)10(19)5-3-7(14)8(15)11(9(5)18)22-13(16)17/h2-4,13H,1H2,(H,20,21). The number of carboxylic acid groups (broad SMARTS) is 1. The maximum absolute atomic E-state index is 13.7. The molecule has 1 N–H and O–H groups in total. The van der Waals surface area contributed by atoms with Crippen LogP contribution in [0, 0.1) is 11.6 Å². The molecule has 22 heavy (non-hydrogen) atoms. The number of nitrogens with zero attached hydrogens (tertiary/aromatic N) is 1. The molecule has 0 fully saturated rings. The molecule has 0 bridgehead atoms. The molecule has 0 aliphatic carbocycles. The molecule has 0 saturated heterocycles. The molecule has 2 aromatic rings. The second-order valence-electron chi connectivity index (χ2n) is 4.04. The molecular weight excluding hydrogens is 310 g/mol. The van der Waals surface area contributed by atoms with E-state index in [1.54, 1.807) is 0 Å². The van der Waals surface area contributed by atoms with E-state index in [2.05, 4.69) is 11.3 Å². The van der Waals surface area contributed by atoms with Crippen LogP contribution in [0.15, 0.2) is 23.6 Å². The van der Waals surface area contributed by atoms with Crippen LogP contribution in [-0.2, 0) is 0 Å². The van der Waals surface area contributed by atoms with Crippen molar-refractivity contribution in [2.24, 2.45) is 0 Å². The highest BCUT2D eigenvalue weighted by molar-refractivity contribution is 5.95. The summed E-state index contributed by atoms with van der Waals surface area (Å²) in [5.74, 6) is -6.19. The highest BCUT2D eigenvalue weighted by atomic mass is 19.3. The Bertz CT molecular complexity index is 844. The van der Waals surface area contributed by atoms with Crippen molar-refractivity contribution in [2.45, 2.75) is 6.61 Å². The van der Waals surface area contributed by atoms with Gasteiger partial charge in [0.25, 0.3) is 0 Å². The van der Waals surface area contributed by atoms with Gasteiger partial charge in [0.1, 0.15) is 11.1 Å². The summed E-state index contributed by atoms with van der Waals surface area (Å²) < 4.78 is 56.7. The molecule has 1 aromatic heterocycles. The van der Waals surface area contributed by atoms with Crippen LogP contribution in [0.4, 0.5) is 17.6 Å². The van der Waals surface area contributed by atoms with E-state index in [-0.39, 0.29) is 0 Å². The highest BCUT2D eigenvalue weighted by Gasteiger charge is 2.24. The van der Waals surface area contributed by atoms with Crippen LogP contribution in [0.25, 0.3) is 17.1 Å². The van der Waals surface area contributed by atoms with Gasteiger partial charge in [-0.05, 0) is 6.07 Å². The average Bonchev–Trinajstić information content (AvgIpc) is 2.44. The number of benzene rings is 1. The van der Waals surface area contributed by atoms with Gasteiger partial charge in [0.2, 0.25) is 11.2 Å². The van der Waals surface area contributed by atoms with E-state index in [1.807, 2.05) is 0 Å². The summed E-state index contributed by atoms with van der Waals surface area (Å²) in [5, 5.41) is 8.29. The van der Waals surface area contributed by atoms with E-state index in [9.17, 15) is 27.2 Å². The molecule has 0 amide bonds. The lowest BCUT2D eigenvalue weighted by atomic mass is 10.1. The lowest BCUT2D eigenvalue weighted by Gasteiger charge is -2.14. The number of halogens is 4. The molecule has 5 nitrogen and oxygen atoms in total. The zero-order valence-corrected chi connectivity index (χ0v) is 10.6. The lowest BCUT2D eigenvalue weighted by Crippen LogP contribution is -2.19. The fourth-order valence-electron chi connectivity index (χ4n) is 1.92. The normalized spacial score (nSPS) is 11.0. The SMILES string of the molecule is C=Cn1cc(C(=O)O)c(=O)c2cc(F)c(F)c(OC(F)F)c21. The topological polar surface area (TPSA) is 68.5 Å². The summed E-state index contributed by atoms with van der Waals surface area (Å²) in [4.78, 5) is 23.0. The third-order valence-corrected chi connectivity index (χ3v) is 2.80. The van der Waals surface area contributed by atoms with Gasteiger partial charge in [-0.25, -0.2) is 9.18 Å². The first kappa shape index (κ1) is 15.5. The Balaban J connectivity index is 3.04. The first-order chi connectivity index (χ1) is 10.3. The van der Waals surface area contributed by atoms with Gasteiger partial charge in [0, 0.05) is 12.4 Å². The Morgan fingerprint density at radius 3 is 2.55 bits per heavy atom. The maximum Gasteiger partial charge on any atom is 0.387 e. The van der Waals surface area contributed by atoms with Gasteiger partial charge < -0.3 is 14.4 Å². The van der Waals surface area contributed by atoms with Gasteiger partial charge in [-0.1, -0.05) is 6.58 Å². The molecular formula is C13H7F4NO4. The van der Waals surface area contributed by atoms with Gasteiger partial charge in [0.15, 0.2) is 11.6 Å². The van der Waals surface area contributed by atoms with Crippen LogP contribution >= 0.6 is 0 Å². The minimum absolute atomic E-state index is 0.414. The van der Waals surface area contributed by atoms with E-state index in [0.29, 0.717) is 6.07 Å². The summed E-state index contributed by atoms with van der Waals surface area (Å²) in [6.07, 6.45) is 1.68. The number of hydrogen-bond acceptors (Lipinski definition) is 3. The van der Waals surface area contributed by atoms with E-state index in [4.69, 9.17) is 5.11 Å². The number of pyridine rings is 1. The van der Waals surface area contributed by atoms with Crippen molar-refractivity contribution in [2.75, 3.05) is 0 Å². The van der Waals surface area contributed by atoms with Crippen LogP contribution in [0.1, 0.15) is 10.4 Å². The number of fused-ring (bicyclic) bond motifs is 1. The molecule has 9 heteroatoms. The van der Waals surface area contributed by atoms with Crippen molar-refractivity contribution in [3.63, 3.8) is 0 Å². The number of carbonyl (C=O) groups is 1. The van der Waals surface area contributed by atoms with Gasteiger partial charge >= 0.3 is 12.6 Å². The van der Waals surface area contributed by atoms with Crippen LogP contribution in [0.5, 0.6) is 5.75 Å². The molecule has 0 saturated carbocycles. The number of rotatable bonds is 4. The number of carboxylic acids is 1. The lowest BCUT2D eigenvalue weighted by molar-refractivity contribution is -0.0515. The third-order valence-electron chi connectivity index (χ3n) is 2.80. The fraction of sp³-hybridized carbons (Fsp3) is 0.0769. The first-order valence-electron chi connectivity index (χ1n) is 5.65. The Morgan fingerprint density at radius 1 is 1.41 bits per heavy atom. The van der Waals surface area contributed by atoms with Crippen molar-refractivity contribution in [3.05, 3.63) is 46.3 Å². The summed E-state index contributed by atoms with van der Waals surface area (Å²) in [7, 11) is 0. The maximum atomic E-state index is 13.7. The van der Waals surface area contributed by atoms with Crippen molar-refractivity contribution >= 4 is 23.1 Å². The van der Waals surface area contributed by atoms with E-state index in [0.717, 1.165) is 17.0 Å². The Kier molecular flexibility index (Phi) is 3.89. The minimum atomic E-state index is -3.48. The molecule has 0 aliphatic rings. The Labute approximate surface area is 119 Å². The van der Waals surface area contributed by atoms with E-state index in [1.165, 1.54) is 0 Å². The average molecular weight is 317 g/mol. The quantitative estimate of drug-likeness (QED) is 0.880. The van der Waals surface area contributed by atoms with Crippen molar-refractivity contribution < 1.29 is 32.2 Å². The predicted octanol–water partition coefficient (Wildman–Crippen LogP) is 2.68. The molecule has 0 spiro atoms. The predicted molar refractivity (Wildman–Crippen MR) is 68.1 cm³/mol. The highest BCUT2D eigenvalue weighted by Crippen LogP contribution is 2.31. The summed E-state index contributed by atoms with van der Waals surface area (Å²) in [5.41, 5.74) is -2.48. The van der Waals surface area contributed by atoms with Crippen molar-refractivity contribution in [1.29, 1.82) is 0 Å². The first-order valence-corrected chi connectivity index (χ1v) is 5.65. The van der Waals surface area contributed by atoms with Gasteiger partial charge in [-0.2, -0.15) is 13.2 Å². The van der Waals surface area contributed by atoms with Crippen LogP contribution in [-0.4, -0.2) is 22.3 Å². The monoisotopic (exact) mass is 317 g/mol. The zero-order valence-electron chi connectivity index (χ0n) is 10.6. The second kappa shape index (κ2) is 5.51. The molecule has 0 radical (unpaired) electrons. The summed E-state index contributed by atoms with van der Waals surface area (Å²) in [6, 6.07) is 0.414. The molecule has 0 unspecified atom stereocenters. The summed E-state index contributed by atoms with van der Waals surface area (Å²) in [6.45, 7) is -0.187. The largest absolute Gasteiger partial charge is 0.477 e. The van der Waals surface area contributed by atoms with E-state index < -0.39 is 51.9 Å². The van der Waals surface area contributed by atoms with Gasteiger partial charge in [-0.3, -0.25) is 4.79 Å². The minimum Gasteiger partial charge on any atom is -0.477 e. The fourth-order valence-corrected chi connectivity index (χ4v) is 1.92. The molecule has 0 aliphatic heterocycles. The van der Waals surface area contributed by atoms with Crippen LogP contribution in [0.3, 0.4) is 0 Å². The number of aromatic carboxylic acids is 1. The molecule has 1 aromatic carbocycles. The van der Waals surface area contributed by atoms with Crippen molar-refractivity contribution in [1.82, 2.24) is 4.57 Å². The van der Waals surface area contributed by atoms with Gasteiger partial charge in [0.05, 0.1) is 5.39 Å². The van der Waals surface area contributed by atoms with E-state index >= 15 is 0 Å². The smallest absolute Gasteiger partial charge is 0.387 e. The van der Waals surface area contributed by atoms with Gasteiger partial charge in [-0.15, -0.1) is 0 Å². The van der Waals surface area contributed by atoms with Crippen molar-refractivity contribution in [3.8, 4) is 5.75 Å². The van der Waals surface area contributed by atoms with Crippen LogP contribution in [0.2, 0.25) is 0 Å². The molecule has 1 heterocycles. The molecule has 2 rings (SSSR count). The zero-order chi connectivity index (χ0) is 16.6. The number of hydrogen-bond donors (Lipinski definition) is 1.